The number of halogens is 1. The van der Waals surface area contributed by atoms with Gasteiger partial charge in [0.2, 0.25) is 10.9 Å². The van der Waals surface area contributed by atoms with Crippen molar-refractivity contribution in [2.24, 2.45) is 5.10 Å². The van der Waals surface area contributed by atoms with Crippen LogP contribution in [0, 0.1) is 0 Å². The summed E-state index contributed by atoms with van der Waals surface area (Å²) in [6, 6.07) is 11.8. The van der Waals surface area contributed by atoms with Crippen LogP contribution in [-0.2, 0) is 0 Å². The average molecular weight is 448 g/mol. The van der Waals surface area contributed by atoms with E-state index in [2.05, 4.69) is 31.4 Å². The second kappa shape index (κ2) is 8.88. The molecule has 140 valence electrons. The third-order valence-corrected chi connectivity index (χ3v) is 5.30. The molecule has 0 fully saturated rings. The average Bonchev–Trinajstić information content (AvgIpc) is 3.18. The Kier molecular flexibility index (Phi) is 6.31. The normalized spacial score (nSPS) is 10.8. The Bertz CT molecular complexity index is 945. The standard InChI is InChI=1S/C19H18BrN3O3S/c1-24-15-9-13(16(20)18(26-3)17(15)25-2)10-21-23-19-22-14(11-27-19)12-7-5-4-6-8-12/h4-11H,1-3H3,(H,22,23). The van der Waals surface area contributed by atoms with Crippen molar-refractivity contribution in [3.05, 3.63) is 51.8 Å². The maximum atomic E-state index is 5.42. The second-order valence-corrected chi connectivity index (χ2v) is 6.97. The first-order chi connectivity index (χ1) is 13.2. The lowest BCUT2D eigenvalue weighted by molar-refractivity contribution is 0.323. The molecule has 27 heavy (non-hydrogen) atoms. The Labute approximate surface area is 169 Å². The third kappa shape index (κ3) is 4.23. The molecule has 0 radical (unpaired) electrons. The fourth-order valence-electron chi connectivity index (χ4n) is 2.46. The molecule has 0 atom stereocenters. The Morgan fingerprint density at radius 1 is 1.07 bits per heavy atom. The number of aromatic nitrogens is 1. The first kappa shape index (κ1) is 19.2. The maximum Gasteiger partial charge on any atom is 0.204 e. The van der Waals surface area contributed by atoms with Gasteiger partial charge in [0.15, 0.2) is 11.5 Å². The lowest BCUT2D eigenvalue weighted by Gasteiger charge is -2.15. The topological polar surface area (TPSA) is 65.0 Å². The highest BCUT2D eigenvalue weighted by Crippen LogP contribution is 2.44. The van der Waals surface area contributed by atoms with Crippen LogP contribution in [0.25, 0.3) is 11.3 Å². The summed E-state index contributed by atoms with van der Waals surface area (Å²) in [5.74, 6) is 1.61. The van der Waals surface area contributed by atoms with Crippen molar-refractivity contribution >= 4 is 38.6 Å². The van der Waals surface area contributed by atoms with Crippen LogP contribution >= 0.6 is 27.3 Å². The Hall–Kier alpha value is -2.58. The van der Waals surface area contributed by atoms with Gasteiger partial charge < -0.3 is 14.2 Å². The van der Waals surface area contributed by atoms with Gasteiger partial charge in [-0.3, -0.25) is 5.43 Å². The first-order valence-electron chi connectivity index (χ1n) is 7.96. The highest BCUT2D eigenvalue weighted by Gasteiger charge is 2.18. The molecule has 3 aromatic rings. The number of thiazole rings is 1. The molecule has 6 nitrogen and oxygen atoms in total. The highest BCUT2D eigenvalue weighted by molar-refractivity contribution is 9.10. The summed E-state index contributed by atoms with van der Waals surface area (Å²) in [5.41, 5.74) is 5.71. The summed E-state index contributed by atoms with van der Waals surface area (Å²) in [6.07, 6.45) is 1.66. The summed E-state index contributed by atoms with van der Waals surface area (Å²) in [5, 5.41) is 6.97. The van der Waals surface area contributed by atoms with Crippen molar-refractivity contribution in [3.63, 3.8) is 0 Å². The summed E-state index contributed by atoms with van der Waals surface area (Å²) in [4.78, 5) is 4.54. The van der Waals surface area contributed by atoms with Crippen LogP contribution in [0.3, 0.4) is 0 Å². The number of hydrazone groups is 1. The van der Waals surface area contributed by atoms with Gasteiger partial charge in [0.05, 0.1) is 37.7 Å². The number of ether oxygens (including phenoxy) is 3. The van der Waals surface area contributed by atoms with Crippen molar-refractivity contribution in [2.45, 2.75) is 0 Å². The minimum absolute atomic E-state index is 0.518. The Morgan fingerprint density at radius 3 is 2.48 bits per heavy atom. The van der Waals surface area contributed by atoms with Crippen molar-refractivity contribution < 1.29 is 14.2 Å². The number of anilines is 1. The molecule has 1 heterocycles. The van der Waals surface area contributed by atoms with Crippen molar-refractivity contribution in [2.75, 3.05) is 26.8 Å². The fourth-order valence-corrected chi connectivity index (χ4v) is 3.68. The first-order valence-corrected chi connectivity index (χ1v) is 9.63. The zero-order chi connectivity index (χ0) is 19.2. The number of methoxy groups -OCH3 is 3. The van der Waals surface area contributed by atoms with Crippen LogP contribution in [0.4, 0.5) is 5.13 Å². The van der Waals surface area contributed by atoms with Crippen LogP contribution in [0.2, 0.25) is 0 Å². The van der Waals surface area contributed by atoms with E-state index in [0.717, 1.165) is 21.3 Å². The van der Waals surface area contributed by atoms with E-state index in [-0.39, 0.29) is 0 Å². The van der Waals surface area contributed by atoms with E-state index in [0.29, 0.717) is 22.4 Å². The SMILES string of the molecule is COc1cc(C=NNc2nc(-c3ccccc3)cs2)c(Br)c(OC)c1OC. The van der Waals surface area contributed by atoms with Gasteiger partial charge in [0.25, 0.3) is 0 Å². The summed E-state index contributed by atoms with van der Waals surface area (Å²) in [6.45, 7) is 0. The smallest absolute Gasteiger partial charge is 0.204 e. The molecule has 0 bridgehead atoms. The number of nitrogens with zero attached hydrogens (tertiary/aromatic N) is 2. The summed E-state index contributed by atoms with van der Waals surface area (Å²) < 4.78 is 16.9. The fraction of sp³-hybridized carbons (Fsp3) is 0.158. The van der Waals surface area contributed by atoms with Gasteiger partial charge in [-0.1, -0.05) is 30.3 Å². The molecule has 0 saturated heterocycles. The predicted octanol–water partition coefficient (Wildman–Crippen LogP) is 5.04. The summed E-state index contributed by atoms with van der Waals surface area (Å²) in [7, 11) is 4.71. The van der Waals surface area contributed by atoms with Crippen LogP contribution in [0.5, 0.6) is 17.2 Å². The zero-order valence-electron chi connectivity index (χ0n) is 15.0. The third-order valence-electron chi connectivity index (χ3n) is 3.74. The predicted molar refractivity (Wildman–Crippen MR) is 113 cm³/mol. The molecule has 8 heteroatoms. The molecule has 1 N–H and O–H groups in total. The van der Waals surface area contributed by atoms with E-state index in [1.165, 1.54) is 11.3 Å². The molecule has 1 aromatic heterocycles. The number of hydrogen-bond donors (Lipinski definition) is 1. The van der Waals surface area contributed by atoms with Gasteiger partial charge in [-0.15, -0.1) is 11.3 Å². The Morgan fingerprint density at radius 2 is 1.81 bits per heavy atom. The van der Waals surface area contributed by atoms with Crippen LogP contribution in [0.1, 0.15) is 5.56 Å². The van der Waals surface area contributed by atoms with Gasteiger partial charge in [-0.2, -0.15) is 5.10 Å². The van der Waals surface area contributed by atoms with Crippen molar-refractivity contribution in [1.82, 2.24) is 4.98 Å². The monoisotopic (exact) mass is 447 g/mol. The Balaban J connectivity index is 1.80. The van der Waals surface area contributed by atoms with Crippen molar-refractivity contribution in [1.29, 1.82) is 0 Å². The molecule has 0 saturated carbocycles. The van der Waals surface area contributed by atoms with E-state index in [1.54, 1.807) is 27.5 Å². The van der Waals surface area contributed by atoms with E-state index in [1.807, 2.05) is 41.8 Å². The highest BCUT2D eigenvalue weighted by atomic mass is 79.9. The van der Waals surface area contributed by atoms with Gasteiger partial charge in [0, 0.05) is 16.5 Å². The molecule has 3 rings (SSSR count). The largest absolute Gasteiger partial charge is 0.493 e. The quantitative estimate of drug-likeness (QED) is 0.405. The van der Waals surface area contributed by atoms with Crippen LogP contribution in [0.15, 0.2) is 51.4 Å². The molecule has 0 aliphatic carbocycles. The summed E-state index contributed by atoms with van der Waals surface area (Å²) >= 11 is 5.01. The van der Waals surface area contributed by atoms with E-state index >= 15 is 0 Å². The minimum Gasteiger partial charge on any atom is -0.493 e. The van der Waals surface area contributed by atoms with E-state index < -0.39 is 0 Å². The van der Waals surface area contributed by atoms with E-state index in [9.17, 15) is 0 Å². The van der Waals surface area contributed by atoms with Crippen molar-refractivity contribution in [3.8, 4) is 28.5 Å². The zero-order valence-corrected chi connectivity index (χ0v) is 17.4. The molecular formula is C19H18BrN3O3S. The van der Waals surface area contributed by atoms with Gasteiger partial charge in [-0.05, 0) is 22.0 Å². The van der Waals surface area contributed by atoms with Gasteiger partial charge >= 0.3 is 0 Å². The number of nitrogens with one attached hydrogen (secondary N) is 1. The molecule has 0 aliphatic rings. The molecule has 0 amide bonds. The maximum absolute atomic E-state index is 5.42. The van der Waals surface area contributed by atoms with E-state index in [4.69, 9.17) is 14.2 Å². The van der Waals surface area contributed by atoms with Crippen LogP contribution < -0.4 is 19.6 Å². The number of rotatable bonds is 7. The minimum atomic E-state index is 0.518. The van der Waals surface area contributed by atoms with Gasteiger partial charge in [-0.25, -0.2) is 4.98 Å². The lowest BCUT2D eigenvalue weighted by atomic mass is 10.2. The molecule has 2 aromatic carbocycles. The number of hydrogen-bond acceptors (Lipinski definition) is 7. The molecule has 0 unspecified atom stereocenters. The van der Waals surface area contributed by atoms with Gasteiger partial charge in [0.1, 0.15) is 0 Å². The molecule has 0 spiro atoms. The lowest BCUT2D eigenvalue weighted by Crippen LogP contribution is -1.99. The second-order valence-electron chi connectivity index (χ2n) is 5.32. The van der Waals surface area contributed by atoms with Crippen LogP contribution in [-0.4, -0.2) is 32.5 Å². The number of benzene rings is 2. The molecule has 0 aliphatic heterocycles. The molecular weight excluding hydrogens is 430 g/mol.